The second kappa shape index (κ2) is 8.63. The summed E-state index contributed by atoms with van der Waals surface area (Å²) in [4.78, 5) is 23.3. The lowest BCUT2D eigenvalue weighted by molar-refractivity contribution is -0.119. The molecule has 0 aromatic heterocycles. The number of alkyl carbamates (subject to hydrolysis) is 1. The summed E-state index contributed by atoms with van der Waals surface area (Å²) in [6, 6.07) is 9.32. The summed E-state index contributed by atoms with van der Waals surface area (Å²) in [6.07, 6.45) is 3.27. The average molecular weight is 325 g/mol. The summed E-state index contributed by atoms with van der Waals surface area (Å²) in [6.45, 7) is 0.234. The number of benzene rings is 1. The van der Waals surface area contributed by atoms with E-state index in [2.05, 4.69) is 10.6 Å². The van der Waals surface area contributed by atoms with Gasteiger partial charge in [-0.3, -0.25) is 4.79 Å². The van der Waals surface area contributed by atoms with Crippen LogP contribution in [-0.4, -0.2) is 30.0 Å². The van der Waals surface area contributed by atoms with Crippen molar-refractivity contribution in [2.24, 2.45) is 0 Å². The zero-order valence-electron chi connectivity index (χ0n) is 12.4. The van der Waals surface area contributed by atoms with Crippen LogP contribution in [-0.2, 0) is 16.1 Å². The minimum absolute atomic E-state index is 0.0678. The average Bonchev–Trinajstić information content (AvgIpc) is 2.55. The van der Waals surface area contributed by atoms with Gasteiger partial charge in [0.15, 0.2) is 0 Å². The molecule has 1 fully saturated rings. The molecule has 0 radical (unpaired) electrons. The van der Waals surface area contributed by atoms with E-state index in [1.807, 2.05) is 30.3 Å². The Morgan fingerprint density at radius 3 is 2.36 bits per heavy atom. The smallest absolute Gasteiger partial charge is 0.407 e. The first kappa shape index (κ1) is 16.6. The number of amides is 2. The Morgan fingerprint density at radius 1 is 1.09 bits per heavy atom. The molecule has 0 heterocycles. The van der Waals surface area contributed by atoms with Gasteiger partial charge in [0.05, 0.1) is 6.04 Å². The molecule has 1 aromatic rings. The Morgan fingerprint density at radius 2 is 1.73 bits per heavy atom. The van der Waals surface area contributed by atoms with Crippen LogP contribution in [0.5, 0.6) is 0 Å². The molecule has 1 saturated carbocycles. The van der Waals surface area contributed by atoms with E-state index >= 15 is 0 Å². The van der Waals surface area contributed by atoms with Gasteiger partial charge in [-0.15, -0.1) is 11.6 Å². The van der Waals surface area contributed by atoms with Crippen molar-refractivity contribution in [3.63, 3.8) is 0 Å². The summed E-state index contributed by atoms with van der Waals surface area (Å²) in [5, 5.41) is 5.71. The van der Waals surface area contributed by atoms with E-state index in [0.717, 1.165) is 31.2 Å². The van der Waals surface area contributed by atoms with Gasteiger partial charge in [0, 0.05) is 6.04 Å². The van der Waals surface area contributed by atoms with Gasteiger partial charge in [-0.2, -0.15) is 0 Å². The number of carbonyl (C=O) groups excluding carboxylic acids is 2. The highest BCUT2D eigenvalue weighted by atomic mass is 35.5. The molecule has 2 atom stereocenters. The van der Waals surface area contributed by atoms with E-state index < -0.39 is 6.09 Å². The molecule has 0 unspecified atom stereocenters. The van der Waals surface area contributed by atoms with Crippen molar-refractivity contribution in [1.29, 1.82) is 0 Å². The second-order valence-corrected chi connectivity index (χ2v) is 5.67. The lowest BCUT2D eigenvalue weighted by atomic mass is 9.90. The molecule has 2 rings (SSSR count). The van der Waals surface area contributed by atoms with Crippen molar-refractivity contribution in [2.45, 2.75) is 44.4 Å². The number of ether oxygens (including phenoxy) is 1. The summed E-state index contributed by atoms with van der Waals surface area (Å²) in [7, 11) is 0. The molecule has 5 nitrogen and oxygen atoms in total. The maximum Gasteiger partial charge on any atom is 0.407 e. The van der Waals surface area contributed by atoms with E-state index in [1.165, 1.54) is 0 Å². The van der Waals surface area contributed by atoms with E-state index in [-0.39, 0.29) is 30.5 Å². The quantitative estimate of drug-likeness (QED) is 0.818. The Balaban J connectivity index is 1.81. The predicted octanol–water partition coefficient (Wildman–Crippen LogP) is 2.58. The fourth-order valence-electron chi connectivity index (χ4n) is 2.64. The number of hydrogen-bond acceptors (Lipinski definition) is 3. The number of carbonyl (C=O) groups is 2. The van der Waals surface area contributed by atoms with Crippen molar-refractivity contribution in [3.8, 4) is 0 Å². The lowest BCUT2D eigenvalue weighted by Crippen LogP contribution is -2.53. The largest absolute Gasteiger partial charge is 0.445 e. The van der Waals surface area contributed by atoms with Gasteiger partial charge >= 0.3 is 6.09 Å². The number of alkyl halides is 1. The molecule has 1 aliphatic rings. The van der Waals surface area contributed by atoms with Crippen LogP contribution in [0.2, 0.25) is 0 Å². The third-order valence-corrected chi connectivity index (χ3v) is 3.99. The standard InChI is InChI=1S/C16H21ClN2O3/c17-10-15(20)18-13-8-4-5-9-14(13)19-16(21)22-11-12-6-2-1-3-7-12/h1-3,6-7,13-14H,4-5,8-11H2,(H,18,20)(H,19,21)/t13-,14+/m0/s1. The van der Waals surface area contributed by atoms with Gasteiger partial charge in [0.1, 0.15) is 12.5 Å². The molecule has 2 amide bonds. The Bertz CT molecular complexity index is 495. The van der Waals surface area contributed by atoms with Gasteiger partial charge < -0.3 is 15.4 Å². The molecule has 120 valence electrons. The van der Waals surface area contributed by atoms with Gasteiger partial charge in [-0.05, 0) is 18.4 Å². The monoisotopic (exact) mass is 324 g/mol. The van der Waals surface area contributed by atoms with Crippen LogP contribution in [0.1, 0.15) is 31.2 Å². The summed E-state index contributed by atoms with van der Waals surface area (Å²) >= 11 is 5.52. The van der Waals surface area contributed by atoms with Crippen molar-refractivity contribution >= 4 is 23.6 Å². The summed E-state index contributed by atoms with van der Waals surface area (Å²) < 4.78 is 5.22. The second-order valence-electron chi connectivity index (χ2n) is 5.40. The molecule has 1 aliphatic carbocycles. The number of rotatable bonds is 5. The van der Waals surface area contributed by atoms with Crippen LogP contribution in [0.3, 0.4) is 0 Å². The normalized spacial score (nSPS) is 21.0. The van der Waals surface area contributed by atoms with Gasteiger partial charge in [0.2, 0.25) is 5.91 Å². The minimum atomic E-state index is -0.458. The summed E-state index contributed by atoms with van der Waals surface area (Å²) in [5.41, 5.74) is 0.938. The molecule has 0 saturated heterocycles. The molecule has 1 aromatic carbocycles. The fourth-order valence-corrected chi connectivity index (χ4v) is 2.72. The van der Waals surface area contributed by atoms with Crippen LogP contribution < -0.4 is 10.6 Å². The highest BCUT2D eigenvalue weighted by Gasteiger charge is 2.27. The topological polar surface area (TPSA) is 67.4 Å². The highest BCUT2D eigenvalue weighted by molar-refractivity contribution is 6.27. The third kappa shape index (κ3) is 5.22. The summed E-state index contributed by atoms with van der Waals surface area (Å²) in [5.74, 6) is -0.278. The van der Waals surface area contributed by atoms with E-state index in [9.17, 15) is 9.59 Å². The molecule has 2 N–H and O–H groups in total. The molecule has 22 heavy (non-hydrogen) atoms. The lowest BCUT2D eigenvalue weighted by Gasteiger charge is -2.32. The van der Waals surface area contributed by atoms with E-state index in [0.29, 0.717) is 0 Å². The molecular formula is C16H21ClN2O3. The molecular weight excluding hydrogens is 304 g/mol. The maximum absolute atomic E-state index is 11.9. The Labute approximate surface area is 135 Å². The van der Waals surface area contributed by atoms with E-state index in [1.54, 1.807) is 0 Å². The zero-order chi connectivity index (χ0) is 15.8. The van der Waals surface area contributed by atoms with Gasteiger partial charge in [-0.25, -0.2) is 4.79 Å². The molecule has 0 spiro atoms. The van der Waals surface area contributed by atoms with Crippen molar-refractivity contribution in [3.05, 3.63) is 35.9 Å². The zero-order valence-corrected chi connectivity index (χ0v) is 13.1. The first-order chi connectivity index (χ1) is 10.7. The van der Waals surface area contributed by atoms with Crippen molar-refractivity contribution in [1.82, 2.24) is 10.6 Å². The first-order valence-electron chi connectivity index (χ1n) is 7.51. The molecule has 6 heteroatoms. The molecule has 0 aliphatic heterocycles. The fraction of sp³-hybridized carbons (Fsp3) is 0.500. The van der Waals surface area contributed by atoms with Crippen molar-refractivity contribution in [2.75, 3.05) is 5.88 Å². The minimum Gasteiger partial charge on any atom is -0.445 e. The van der Waals surface area contributed by atoms with Crippen LogP contribution in [0, 0.1) is 0 Å². The van der Waals surface area contributed by atoms with Crippen LogP contribution in [0.25, 0.3) is 0 Å². The predicted molar refractivity (Wildman–Crippen MR) is 84.7 cm³/mol. The SMILES string of the molecule is O=C(CCl)N[C@H]1CCCC[C@H]1NC(=O)OCc1ccccc1. The molecule has 0 bridgehead atoms. The number of hydrogen-bond donors (Lipinski definition) is 2. The van der Waals surface area contributed by atoms with Gasteiger partial charge in [0.25, 0.3) is 0 Å². The van der Waals surface area contributed by atoms with Crippen LogP contribution in [0.15, 0.2) is 30.3 Å². The van der Waals surface area contributed by atoms with Crippen LogP contribution >= 0.6 is 11.6 Å². The highest BCUT2D eigenvalue weighted by Crippen LogP contribution is 2.19. The maximum atomic E-state index is 11.9. The Hall–Kier alpha value is -1.75. The third-order valence-electron chi connectivity index (χ3n) is 3.75. The Kier molecular flexibility index (Phi) is 6.52. The van der Waals surface area contributed by atoms with Crippen LogP contribution in [0.4, 0.5) is 4.79 Å². The van der Waals surface area contributed by atoms with Crippen molar-refractivity contribution < 1.29 is 14.3 Å². The number of nitrogens with one attached hydrogen (secondary N) is 2. The van der Waals surface area contributed by atoms with Gasteiger partial charge in [-0.1, -0.05) is 43.2 Å². The van der Waals surface area contributed by atoms with E-state index in [4.69, 9.17) is 16.3 Å². The first-order valence-corrected chi connectivity index (χ1v) is 8.05. The number of halogens is 1.